The van der Waals surface area contributed by atoms with Crippen molar-refractivity contribution in [3.05, 3.63) is 71.3 Å². The number of hydrogen-bond acceptors (Lipinski definition) is 8. The zero-order valence-corrected chi connectivity index (χ0v) is 17.1. The Morgan fingerprint density at radius 1 is 0.719 bits per heavy atom. The molecule has 0 N–H and O–H groups in total. The monoisotopic (exact) mass is 448 g/mol. The van der Waals surface area contributed by atoms with Crippen molar-refractivity contribution in [3.63, 3.8) is 0 Å². The number of rotatable bonds is 10. The lowest BCUT2D eigenvalue weighted by molar-refractivity contribution is -0.139. The fraction of sp³-hybridized carbons (Fsp3) is 0.182. The highest BCUT2D eigenvalue weighted by atomic mass is 19.1. The van der Waals surface area contributed by atoms with Gasteiger partial charge in [0.1, 0.15) is 23.1 Å². The highest BCUT2D eigenvalue weighted by molar-refractivity contribution is 6.02. The van der Waals surface area contributed by atoms with E-state index in [9.17, 15) is 28.0 Å². The molecule has 0 amide bonds. The third-order valence-corrected chi connectivity index (χ3v) is 3.97. The molecular formula is C22H18F2O8. The minimum atomic E-state index is -1.05. The molecule has 32 heavy (non-hydrogen) atoms. The lowest BCUT2D eigenvalue weighted by Crippen LogP contribution is -2.15. The summed E-state index contributed by atoms with van der Waals surface area (Å²) in [5, 5.41) is 0. The minimum absolute atomic E-state index is 0.103. The van der Waals surface area contributed by atoms with Crippen molar-refractivity contribution in [2.75, 3.05) is 27.4 Å². The van der Waals surface area contributed by atoms with Crippen molar-refractivity contribution in [2.24, 2.45) is 0 Å². The van der Waals surface area contributed by atoms with E-state index in [-0.39, 0.29) is 22.6 Å². The molecule has 0 spiro atoms. The molecule has 10 heteroatoms. The predicted octanol–water partition coefficient (Wildman–Crippen LogP) is 2.69. The number of benzene rings is 2. The normalized spacial score (nSPS) is 10.5. The SMILES string of the molecule is COc1ccc(F)cc1C(=O)COC(=O)/C=C/C(=O)OCC(=O)c1cc(F)ccc1OC. The first kappa shape index (κ1) is 24.2. The van der Waals surface area contributed by atoms with Gasteiger partial charge in [-0.05, 0) is 36.4 Å². The summed E-state index contributed by atoms with van der Waals surface area (Å²) < 4.78 is 45.9. The first-order valence-corrected chi connectivity index (χ1v) is 9.00. The molecule has 0 aliphatic rings. The van der Waals surface area contributed by atoms with Gasteiger partial charge < -0.3 is 18.9 Å². The van der Waals surface area contributed by atoms with Crippen LogP contribution in [-0.2, 0) is 19.1 Å². The van der Waals surface area contributed by atoms with E-state index in [1.54, 1.807) is 0 Å². The van der Waals surface area contributed by atoms with Crippen molar-refractivity contribution in [2.45, 2.75) is 0 Å². The van der Waals surface area contributed by atoms with Gasteiger partial charge in [-0.3, -0.25) is 9.59 Å². The van der Waals surface area contributed by atoms with Crippen LogP contribution in [0.4, 0.5) is 8.78 Å². The third-order valence-electron chi connectivity index (χ3n) is 3.97. The van der Waals surface area contributed by atoms with Gasteiger partial charge in [-0.1, -0.05) is 0 Å². The number of hydrogen-bond donors (Lipinski definition) is 0. The molecular weight excluding hydrogens is 430 g/mol. The molecule has 2 rings (SSSR count). The van der Waals surface area contributed by atoms with Crippen LogP contribution in [0.25, 0.3) is 0 Å². The number of methoxy groups -OCH3 is 2. The second kappa shape index (κ2) is 11.3. The molecule has 0 heterocycles. The van der Waals surface area contributed by atoms with Crippen molar-refractivity contribution in [3.8, 4) is 11.5 Å². The van der Waals surface area contributed by atoms with Gasteiger partial charge in [0.25, 0.3) is 0 Å². The fourth-order valence-corrected chi connectivity index (χ4v) is 2.46. The maximum atomic E-state index is 13.3. The number of ether oxygens (including phenoxy) is 4. The van der Waals surface area contributed by atoms with E-state index in [0.717, 1.165) is 24.3 Å². The maximum absolute atomic E-state index is 13.3. The molecule has 0 aliphatic carbocycles. The van der Waals surface area contributed by atoms with E-state index >= 15 is 0 Å². The Morgan fingerprint density at radius 3 is 1.44 bits per heavy atom. The van der Waals surface area contributed by atoms with Gasteiger partial charge in [0.05, 0.1) is 25.3 Å². The number of carbonyl (C=O) groups excluding carboxylic acids is 4. The topological polar surface area (TPSA) is 105 Å². The molecule has 0 atom stereocenters. The van der Waals surface area contributed by atoms with Crippen LogP contribution in [0.1, 0.15) is 20.7 Å². The molecule has 0 saturated heterocycles. The van der Waals surface area contributed by atoms with Gasteiger partial charge in [-0.25, -0.2) is 18.4 Å². The second-order valence-corrected chi connectivity index (χ2v) is 6.08. The highest BCUT2D eigenvalue weighted by Crippen LogP contribution is 2.21. The van der Waals surface area contributed by atoms with Crippen molar-refractivity contribution >= 4 is 23.5 Å². The molecule has 2 aromatic carbocycles. The summed E-state index contributed by atoms with van der Waals surface area (Å²) in [6, 6.07) is 6.58. The number of halogens is 2. The summed E-state index contributed by atoms with van der Waals surface area (Å²) in [5.74, 6) is -4.69. The lowest BCUT2D eigenvalue weighted by atomic mass is 10.1. The molecule has 2 aromatic rings. The summed E-state index contributed by atoms with van der Waals surface area (Å²) in [5.41, 5.74) is -0.232. The van der Waals surface area contributed by atoms with Crippen LogP contribution in [0.2, 0.25) is 0 Å². The van der Waals surface area contributed by atoms with Crippen LogP contribution >= 0.6 is 0 Å². The van der Waals surface area contributed by atoms with Gasteiger partial charge in [0, 0.05) is 12.2 Å². The molecule has 0 aromatic heterocycles. The van der Waals surface area contributed by atoms with Gasteiger partial charge in [0.2, 0.25) is 11.6 Å². The smallest absolute Gasteiger partial charge is 0.331 e. The largest absolute Gasteiger partial charge is 0.496 e. The van der Waals surface area contributed by atoms with Crippen molar-refractivity contribution in [1.82, 2.24) is 0 Å². The van der Waals surface area contributed by atoms with E-state index in [2.05, 4.69) is 0 Å². The van der Waals surface area contributed by atoms with Crippen molar-refractivity contribution < 1.29 is 46.9 Å². The molecule has 8 nitrogen and oxygen atoms in total. The quantitative estimate of drug-likeness (QED) is 0.310. The van der Waals surface area contributed by atoms with Gasteiger partial charge >= 0.3 is 11.9 Å². The molecule has 0 unspecified atom stereocenters. The van der Waals surface area contributed by atoms with E-state index in [0.29, 0.717) is 12.2 Å². The minimum Gasteiger partial charge on any atom is -0.496 e. The van der Waals surface area contributed by atoms with Crippen LogP contribution in [-0.4, -0.2) is 50.9 Å². The molecule has 0 bridgehead atoms. The summed E-state index contributed by atoms with van der Waals surface area (Å²) in [4.78, 5) is 47.6. The van der Waals surface area contributed by atoms with Crippen LogP contribution in [0.15, 0.2) is 48.6 Å². The predicted molar refractivity (Wildman–Crippen MR) is 106 cm³/mol. The van der Waals surface area contributed by atoms with Gasteiger partial charge in [0.15, 0.2) is 13.2 Å². The summed E-state index contributed by atoms with van der Waals surface area (Å²) in [6.45, 7) is -1.45. The Balaban J connectivity index is 1.85. The van der Waals surface area contributed by atoms with Gasteiger partial charge in [-0.2, -0.15) is 0 Å². The van der Waals surface area contributed by atoms with Crippen LogP contribution in [0, 0.1) is 11.6 Å². The average Bonchev–Trinajstić information content (AvgIpc) is 2.79. The average molecular weight is 448 g/mol. The Kier molecular flexibility index (Phi) is 8.58. The van der Waals surface area contributed by atoms with Gasteiger partial charge in [-0.15, -0.1) is 0 Å². The zero-order chi connectivity index (χ0) is 23.7. The Labute approximate surface area is 181 Å². The number of carbonyl (C=O) groups is 4. The molecule has 0 saturated carbocycles. The summed E-state index contributed by atoms with van der Waals surface area (Å²) in [6.07, 6.45) is 1.37. The van der Waals surface area contributed by atoms with E-state index in [4.69, 9.17) is 18.9 Å². The maximum Gasteiger partial charge on any atom is 0.331 e. The third kappa shape index (κ3) is 6.73. The van der Waals surface area contributed by atoms with E-state index in [1.807, 2.05) is 0 Å². The Morgan fingerprint density at radius 2 is 1.09 bits per heavy atom. The van der Waals surface area contributed by atoms with Crippen LogP contribution < -0.4 is 9.47 Å². The lowest BCUT2D eigenvalue weighted by Gasteiger charge is -2.08. The Hall–Kier alpha value is -4.08. The molecule has 0 radical (unpaired) electrons. The van der Waals surface area contributed by atoms with Crippen LogP contribution in [0.3, 0.4) is 0 Å². The molecule has 168 valence electrons. The molecule has 0 fully saturated rings. The van der Waals surface area contributed by atoms with E-state index < -0.39 is 48.4 Å². The summed E-state index contributed by atoms with van der Waals surface area (Å²) >= 11 is 0. The zero-order valence-electron chi connectivity index (χ0n) is 17.1. The molecule has 0 aliphatic heterocycles. The fourth-order valence-electron chi connectivity index (χ4n) is 2.46. The summed E-state index contributed by atoms with van der Waals surface area (Å²) in [7, 11) is 2.58. The standard InChI is InChI=1S/C22H18F2O8/c1-29-19-5-3-13(23)9-15(19)17(25)11-31-21(27)7-8-22(28)32-12-18(26)16-10-14(24)4-6-20(16)30-2/h3-10H,11-12H2,1-2H3/b8-7+. The van der Waals surface area contributed by atoms with E-state index in [1.165, 1.54) is 26.4 Å². The first-order valence-electron chi connectivity index (χ1n) is 9.00. The number of ketones is 2. The first-order chi connectivity index (χ1) is 15.2. The number of esters is 2. The number of Topliss-reactive ketones (excluding diaryl/α,β-unsaturated/α-hetero) is 2. The Bertz CT molecular complexity index is 978. The van der Waals surface area contributed by atoms with Crippen LogP contribution in [0.5, 0.6) is 11.5 Å². The van der Waals surface area contributed by atoms with Crippen molar-refractivity contribution in [1.29, 1.82) is 0 Å². The second-order valence-electron chi connectivity index (χ2n) is 6.08. The highest BCUT2D eigenvalue weighted by Gasteiger charge is 2.17.